The molecule has 2 nitrogen and oxygen atoms in total. The molecule has 0 saturated heterocycles. The van der Waals surface area contributed by atoms with Gasteiger partial charge in [0.25, 0.3) is 0 Å². The first-order chi connectivity index (χ1) is 9.56. The molecule has 0 aromatic heterocycles. The number of benzene rings is 2. The van der Waals surface area contributed by atoms with Crippen molar-refractivity contribution in [2.24, 2.45) is 5.73 Å². The summed E-state index contributed by atoms with van der Waals surface area (Å²) in [4.78, 5) is 0.186. The van der Waals surface area contributed by atoms with E-state index in [2.05, 4.69) is 15.9 Å². The molecule has 2 rings (SSSR count). The highest BCUT2D eigenvalue weighted by Crippen LogP contribution is 2.14. The van der Waals surface area contributed by atoms with Gasteiger partial charge in [0.05, 0.1) is 13.2 Å². The van der Waals surface area contributed by atoms with Crippen LogP contribution in [0.3, 0.4) is 0 Å². The number of thiocarbonyl (C=S) groups is 1. The summed E-state index contributed by atoms with van der Waals surface area (Å²) >= 11 is 8.17. The normalized spacial score (nSPS) is 10.5. The zero-order chi connectivity index (χ0) is 14.5. The van der Waals surface area contributed by atoms with Gasteiger partial charge in [0, 0.05) is 15.6 Å². The summed E-state index contributed by atoms with van der Waals surface area (Å²) in [5, 5.41) is 0. The number of halogens is 2. The first-order valence-electron chi connectivity index (χ1n) is 5.96. The van der Waals surface area contributed by atoms with Gasteiger partial charge in [0.2, 0.25) is 0 Å². The van der Waals surface area contributed by atoms with Gasteiger partial charge in [-0.3, -0.25) is 0 Å². The van der Waals surface area contributed by atoms with E-state index in [9.17, 15) is 4.39 Å². The molecule has 0 atom stereocenters. The molecule has 0 heterocycles. The van der Waals surface area contributed by atoms with Crippen LogP contribution in [0.5, 0.6) is 0 Å². The zero-order valence-corrected chi connectivity index (χ0v) is 13.0. The van der Waals surface area contributed by atoms with Gasteiger partial charge in [0.1, 0.15) is 10.8 Å². The predicted octanol–water partition coefficient (Wildman–Crippen LogP) is 3.94. The average Bonchev–Trinajstić information content (AvgIpc) is 2.42. The molecule has 104 valence electrons. The van der Waals surface area contributed by atoms with Crippen LogP contribution < -0.4 is 5.73 Å². The minimum absolute atomic E-state index is 0.186. The summed E-state index contributed by atoms with van der Waals surface area (Å²) < 4.78 is 20.3. The van der Waals surface area contributed by atoms with Crippen molar-refractivity contribution < 1.29 is 9.13 Å². The number of hydrogen-bond acceptors (Lipinski definition) is 2. The molecule has 5 heteroatoms. The van der Waals surface area contributed by atoms with E-state index in [-0.39, 0.29) is 17.4 Å². The van der Waals surface area contributed by atoms with Crippen molar-refractivity contribution in [3.63, 3.8) is 0 Å². The Bertz CT molecular complexity index is 616. The van der Waals surface area contributed by atoms with Crippen molar-refractivity contribution in [1.29, 1.82) is 0 Å². The first-order valence-corrected chi connectivity index (χ1v) is 7.17. The van der Waals surface area contributed by atoms with E-state index in [4.69, 9.17) is 22.7 Å². The standard InChI is InChI=1S/C15H13BrFNOS/c16-13-5-1-10(2-6-13)8-19-9-12-4-3-11(15(18)20)7-14(12)17/h1-7H,8-9H2,(H2,18,20). The molecule has 0 aliphatic carbocycles. The third-order valence-corrected chi connectivity index (χ3v) is 3.54. The second-order valence-corrected chi connectivity index (χ2v) is 5.65. The highest BCUT2D eigenvalue weighted by Gasteiger charge is 2.05. The summed E-state index contributed by atoms with van der Waals surface area (Å²) in [5.41, 5.74) is 7.50. The Morgan fingerprint density at radius 2 is 1.85 bits per heavy atom. The molecule has 20 heavy (non-hydrogen) atoms. The lowest BCUT2D eigenvalue weighted by Crippen LogP contribution is -2.10. The van der Waals surface area contributed by atoms with Crippen LogP contribution in [0.25, 0.3) is 0 Å². The Balaban J connectivity index is 1.94. The lowest BCUT2D eigenvalue weighted by molar-refractivity contribution is 0.105. The van der Waals surface area contributed by atoms with Gasteiger partial charge in [-0.2, -0.15) is 0 Å². The lowest BCUT2D eigenvalue weighted by Gasteiger charge is -2.07. The third kappa shape index (κ3) is 4.10. The van der Waals surface area contributed by atoms with E-state index in [1.807, 2.05) is 24.3 Å². The molecule has 0 aliphatic rings. The van der Waals surface area contributed by atoms with Crippen molar-refractivity contribution in [3.8, 4) is 0 Å². The molecule has 0 saturated carbocycles. The van der Waals surface area contributed by atoms with Crippen molar-refractivity contribution in [3.05, 3.63) is 69.4 Å². The van der Waals surface area contributed by atoms with E-state index in [1.165, 1.54) is 6.07 Å². The van der Waals surface area contributed by atoms with Crippen molar-refractivity contribution >= 4 is 33.1 Å². The molecule has 0 radical (unpaired) electrons. The molecular formula is C15H13BrFNOS. The topological polar surface area (TPSA) is 35.2 Å². The van der Waals surface area contributed by atoms with Crippen LogP contribution in [-0.4, -0.2) is 4.99 Å². The lowest BCUT2D eigenvalue weighted by atomic mass is 10.1. The van der Waals surface area contributed by atoms with E-state index in [1.54, 1.807) is 12.1 Å². The second kappa shape index (κ2) is 6.92. The monoisotopic (exact) mass is 353 g/mol. The fourth-order valence-electron chi connectivity index (χ4n) is 1.68. The van der Waals surface area contributed by atoms with Gasteiger partial charge in [-0.05, 0) is 23.8 Å². The van der Waals surface area contributed by atoms with E-state index < -0.39 is 0 Å². The van der Waals surface area contributed by atoms with Crippen molar-refractivity contribution in [2.45, 2.75) is 13.2 Å². The Hall–Kier alpha value is -1.30. The molecule has 0 spiro atoms. The average molecular weight is 354 g/mol. The highest BCUT2D eigenvalue weighted by molar-refractivity contribution is 9.10. The highest BCUT2D eigenvalue weighted by atomic mass is 79.9. The van der Waals surface area contributed by atoms with Gasteiger partial charge in [-0.1, -0.05) is 52.4 Å². The van der Waals surface area contributed by atoms with Crippen LogP contribution in [0, 0.1) is 5.82 Å². The first kappa shape index (κ1) is 15.1. The maximum Gasteiger partial charge on any atom is 0.129 e. The Morgan fingerprint density at radius 3 is 2.45 bits per heavy atom. The van der Waals surface area contributed by atoms with Gasteiger partial charge >= 0.3 is 0 Å². The largest absolute Gasteiger partial charge is 0.389 e. The molecule has 2 aromatic carbocycles. The molecular weight excluding hydrogens is 341 g/mol. The summed E-state index contributed by atoms with van der Waals surface area (Å²) in [6.07, 6.45) is 0. The molecule has 0 bridgehead atoms. The van der Waals surface area contributed by atoms with Crippen molar-refractivity contribution in [1.82, 2.24) is 0 Å². The van der Waals surface area contributed by atoms with Crippen LogP contribution in [0.15, 0.2) is 46.9 Å². The molecule has 2 N–H and O–H groups in total. The fourth-order valence-corrected chi connectivity index (χ4v) is 2.07. The van der Waals surface area contributed by atoms with Gasteiger partial charge in [-0.15, -0.1) is 0 Å². The Labute approximate surface area is 130 Å². The number of ether oxygens (including phenoxy) is 1. The zero-order valence-electron chi connectivity index (χ0n) is 10.6. The van der Waals surface area contributed by atoms with E-state index >= 15 is 0 Å². The maximum atomic E-state index is 13.8. The smallest absolute Gasteiger partial charge is 0.129 e. The predicted molar refractivity (Wildman–Crippen MR) is 84.9 cm³/mol. The minimum atomic E-state index is -0.355. The molecule has 0 unspecified atom stereocenters. The number of nitrogens with two attached hydrogens (primary N) is 1. The second-order valence-electron chi connectivity index (χ2n) is 4.29. The van der Waals surface area contributed by atoms with Crippen LogP contribution in [-0.2, 0) is 18.0 Å². The van der Waals surface area contributed by atoms with Crippen LogP contribution in [0.4, 0.5) is 4.39 Å². The molecule has 0 amide bonds. The Kier molecular flexibility index (Phi) is 5.23. The van der Waals surface area contributed by atoms with Crippen LogP contribution >= 0.6 is 28.1 Å². The number of rotatable bonds is 5. The Morgan fingerprint density at radius 1 is 1.15 bits per heavy atom. The third-order valence-electron chi connectivity index (χ3n) is 2.78. The molecule has 2 aromatic rings. The van der Waals surface area contributed by atoms with Crippen LogP contribution in [0.2, 0.25) is 0 Å². The summed E-state index contributed by atoms with van der Waals surface area (Å²) in [6.45, 7) is 0.642. The van der Waals surface area contributed by atoms with E-state index in [0.29, 0.717) is 17.7 Å². The quantitative estimate of drug-likeness (QED) is 0.826. The van der Waals surface area contributed by atoms with E-state index in [0.717, 1.165) is 10.0 Å². The van der Waals surface area contributed by atoms with Crippen LogP contribution in [0.1, 0.15) is 16.7 Å². The fraction of sp³-hybridized carbons (Fsp3) is 0.133. The van der Waals surface area contributed by atoms with Crippen molar-refractivity contribution in [2.75, 3.05) is 0 Å². The number of hydrogen-bond donors (Lipinski definition) is 1. The molecule has 0 aliphatic heterocycles. The van der Waals surface area contributed by atoms with Gasteiger partial charge < -0.3 is 10.5 Å². The summed E-state index contributed by atoms with van der Waals surface area (Å²) in [5.74, 6) is -0.355. The summed E-state index contributed by atoms with van der Waals surface area (Å²) in [7, 11) is 0. The minimum Gasteiger partial charge on any atom is -0.389 e. The summed E-state index contributed by atoms with van der Waals surface area (Å²) in [6, 6.07) is 12.5. The SMILES string of the molecule is NC(=S)c1ccc(COCc2ccc(Br)cc2)c(F)c1. The molecule has 0 fully saturated rings. The van der Waals surface area contributed by atoms with Gasteiger partial charge in [-0.25, -0.2) is 4.39 Å². The van der Waals surface area contributed by atoms with Gasteiger partial charge in [0.15, 0.2) is 0 Å². The maximum absolute atomic E-state index is 13.8.